The van der Waals surface area contributed by atoms with Crippen molar-refractivity contribution in [3.05, 3.63) is 35.9 Å². The molecule has 1 atom stereocenters. The van der Waals surface area contributed by atoms with Crippen LogP contribution in [0.5, 0.6) is 0 Å². The Bertz CT molecular complexity index is 988. The fraction of sp³-hybridized carbons (Fsp3) is 0.579. The molecule has 0 aromatic carbocycles. The zero-order chi connectivity index (χ0) is 19.3. The van der Waals surface area contributed by atoms with Crippen molar-refractivity contribution in [2.45, 2.75) is 51.5 Å². The maximum atomic E-state index is 6.29. The molecule has 5 rings (SSSR count). The van der Waals surface area contributed by atoms with E-state index in [1.807, 2.05) is 17.8 Å². The number of aryl methyl sites for hydroxylation is 1. The third-order valence-electron chi connectivity index (χ3n) is 5.68. The van der Waals surface area contributed by atoms with Gasteiger partial charge in [-0.15, -0.1) is 10.2 Å². The molecule has 2 aliphatic rings. The maximum absolute atomic E-state index is 6.29. The highest BCUT2D eigenvalue weighted by molar-refractivity contribution is 5.49. The number of aromatic nitrogens is 6. The van der Waals surface area contributed by atoms with Crippen LogP contribution in [0.4, 0.5) is 0 Å². The van der Waals surface area contributed by atoms with E-state index < -0.39 is 0 Å². The maximum Gasteiger partial charge on any atom is 0.196 e. The molecule has 0 amide bonds. The molecule has 1 spiro atoms. The first-order valence-electron chi connectivity index (χ1n) is 9.74. The van der Waals surface area contributed by atoms with Crippen LogP contribution < -0.4 is 0 Å². The summed E-state index contributed by atoms with van der Waals surface area (Å²) in [5.74, 6) is 2.83. The highest BCUT2D eigenvalue weighted by atomic mass is 16.5. The molecule has 3 aromatic rings. The van der Waals surface area contributed by atoms with Crippen LogP contribution in [0, 0.1) is 0 Å². The molecular weight excluding hydrogens is 358 g/mol. The van der Waals surface area contributed by atoms with Crippen molar-refractivity contribution in [3.63, 3.8) is 0 Å². The third-order valence-corrected chi connectivity index (χ3v) is 5.68. The minimum absolute atomic E-state index is 0.215. The van der Waals surface area contributed by atoms with E-state index in [4.69, 9.17) is 9.15 Å². The highest BCUT2D eigenvalue weighted by Crippen LogP contribution is 2.34. The van der Waals surface area contributed by atoms with Gasteiger partial charge in [0.2, 0.25) is 0 Å². The molecule has 0 aliphatic carbocycles. The van der Waals surface area contributed by atoms with Crippen LogP contribution in [-0.4, -0.2) is 53.1 Å². The fourth-order valence-electron chi connectivity index (χ4n) is 4.14. The second-order valence-electron chi connectivity index (χ2n) is 8.13. The molecule has 3 aromatic heterocycles. The van der Waals surface area contributed by atoms with Crippen LogP contribution in [0.25, 0.3) is 11.5 Å². The molecule has 1 fully saturated rings. The summed E-state index contributed by atoms with van der Waals surface area (Å²) in [6.45, 7) is 8.04. The van der Waals surface area contributed by atoms with Gasteiger partial charge in [-0.25, -0.2) is 4.98 Å². The van der Waals surface area contributed by atoms with E-state index in [0.717, 1.165) is 61.5 Å². The second-order valence-corrected chi connectivity index (χ2v) is 8.13. The molecule has 148 valence electrons. The third kappa shape index (κ3) is 2.94. The SMILES string of the molecule is CC(C)c1nc(CN2CCC3(C2)Cn2c(nnc2-c2ccnn2C)CO3)co1. The average molecular weight is 383 g/mol. The van der Waals surface area contributed by atoms with Crippen molar-refractivity contribution in [2.24, 2.45) is 7.05 Å². The lowest BCUT2D eigenvalue weighted by Crippen LogP contribution is -2.44. The lowest BCUT2D eigenvalue weighted by molar-refractivity contribution is -0.0822. The summed E-state index contributed by atoms with van der Waals surface area (Å²) in [5, 5.41) is 13.0. The fourth-order valence-corrected chi connectivity index (χ4v) is 4.14. The molecule has 0 radical (unpaired) electrons. The molecule has 0 saturated carbocycles. The minimum atomic E-state index is -0.215. The van der Waals surface area contributed by atoms with Crippen LogP contribution >= 0.6 is 0 Å². The van der Waals surface area contributed by atoms with Gasteiger partial charge in [0.15, 0.2) is 17.5 Å². The smallest absolute Gasteiger partial charge is 0.196 e. The van der Waals surface area contributed by atoms with Crippen molar-refractivity contribution in [1.29, 1.82) is 0 Å². The Morgan fingerprint density at radius 1 is 1.25 bits per heavy atom. The first kappa shape index (κ1) is 17.6. The summed E-state index contributed by atoms with van der Waals surface area (Å²) in [7, 11) is 1.92. The standard InChI is InChI=1S/C19H25N7O2/c1-13(2)18-21-14(9-27-18)8-25-7-5-19(11-25)12-26-16(10-28-19)22-23-17(26)15-4-6-20-24(15)3/h4,6,9,13H,5,7-8,10-12H2,1-3H3. The molecule has 0 bridgehead atoms. The van der Waals surface area contributed by atoms with Gasteiger partial charge in [-0.1, -0.05) is 13.8 Å². The summed E-state index contributed by atoms with van der Waals surface area (Å²) in [4.78, 5) is 7.00. The van der Waals surface area contributed by atoms with Crippen molar-refractivity contribution in [2.75, 3.05) is 13.1 Å². The van der Waals surface area contributed by atoms with E-state index in [-0.39, 0.29) is 5.60 Å². The number of ether oxygens (including phenoxy) is 1. The van der Waals surface area contributed by atoms with E-state index in [0.29, 0.717) is 12.5 Å². The first-order chi connectivity index (χ1) is 13.5. The molecule has 9 heteroatoms. The molecule has 0 N–H and O–H groups in total. The normalized spacial score (nSPS) is 22.4. The second kappa shape index (κ2) is 6.52. The highest BCUT2D eigenvalue weighted by Gasteiger charge is 2.43. The number of nitrogens with zero attached hydrogens (tertiary/aromatic N) is 7. The van der Waals surface area contributed by atoms with Gasteiger partial charge in [0.05, 0.1) is 12.2 Å². The number of hydrogen-bond donors (Lipinski definition) is 0. The van der Waals surface area contributed by atoms with Gasteiger partial charge >= 0.3 is 0 Å². The van der Waals surface area contributed by atoms with E-state index in [1.165, 1.54) is 0 Å². The first-order valence-corrected chi connectivity index (χ1v) is 9.74. The van der Waals surface area contributed by atoms with Crippen molar-refractivity contribution in [1.82, 2.24) is 34.4 Å². The van der Waals surface area contributed by atoms with Crippen LogP contribution in [0.3, 0.4) is 0 Å². The zero-order valence-electron chi connectivity index (χ0n) is 16.5. The summed E-state index contributed by atoms with van der Waals surface area (Å²) in [5.41, 5.74) is 1.74. The van der Waals surface area contributed by atoms with Crippen LogP contribution in [0.2, 0.25) is 0 Å². The zero-order valence-corrected chi connectivity index (χ0v) is 16.5. The topological polar surface area (TPSA) is 87.0 Å². The van der Waals surface area contributed by atoms with Gasteiger partial charge in [0, 0.05) is 38.8 Å². The Morgan fingerprint density at radius 2 is 2.14 bits per heavy atom. The predicted octanol–water partition coefficient (Wildman–Crippen LogP) is 1.96. The van der Waals surface area contributed by atoms with Crippen molar-refractivity contribution >= 4 is 0 Å². The van der Waals surface area contributed by atoms with Gasteiger partial charge in [0.1, 0.15) is 24.2 Å². The van der Waals surface area contributed by atoms with Gasteiger partial charge in [-0.3, -0.25) is 9.58 Å². The Balaban J connectivity index is 1.33. The molecule has 28 heavy (non-hydrogen) atoms. The largest absolute Gasteiger partial charge is 0.448 e. The summed E-state index contributed by atoms with van der Waals surface area (Å²) < 4.78 is 15.9. The van der Waals surface area contributed by atoms with Crippen molar-refractivity contribution in [3.8, 4) is 11.5 Å². The number of rotatable bonds is 4. The van der Waals surface area contributed by atoms with Crippen LogP contribution in [-0.2, 0) is 31.5 Å². The molecule has 5 heterocycles. The van der Waals surface area contributed by atoms with Crippen LogP contribution in [0.15, 0.2) is 22.9 Å². The molecule has 1 saturated heterocycles. The summed E-state index contributed by atoms with van der Waals surface area (Å²) in [6, 6.07) is 1.97. The van der Waals surface area contributed by atoms with E-state index >= 15 is 0 Å². The van der Waals surface area contributed by atoms with E-state index in [2.05, 4.69) is 43.6 Å². The molecular formula is C19H25N7O2. The summed E-state index contributed by atoms with van der Waals surface area (Å²) in [6.07, 6.45) is 4.54. The van der Waals surface area contributed by atoms with E-state index in [1.54, 1.807) is 12.5 Å². The number of hydrogen-bond acceptors (Lipinski definition) is 7. The Labute approximate surface area is 163 Å². The molecule has 9 nitrogen and oxygen atoms in total. The van der Waals surface area contributed by atoms with Gasteiger partial charge < -0.3 is 13.7 Å². The monoisotopic (exact) mass is 383 g/mol. The van der Waals surface area contributed by atoms with Gasteiger partial charge in [-0.2, -0.15) is 5.10 Å². The van der Waals surface area contributed by atoms with Gasteiger partial charge in [0.25, 0.3) is 0 Å². The van der Waals surface area contributed by atoms with Gasteiger partial charge in [-0.05, 0) is 12.5 Å². The summed E-state index contributed by atoms with van der Waals surface area (Å²) >= 11 is 0. The Hall–Kier alpha value is -2.52. The van der Waals surface area contributed by atoms with E-state index in [9.17, 15) is 0 Å². The average Bonchev–Trinajstić information content (AvgIpc) is 3.43. The predicted molar refractivity (Wildman–Crippen MR) is 100 cm³/mol. The molecule has 1 unspecified atom stereocenters. The van der Waals surface area contributed by atoms with Crippen LogP contribution in [0.1, 0.15) is 43.6 Å². The lowest BCUT2D eigenvalue weighted by atomic mass is 10.0. The number of likely N-dealkylation sites (tertiary alicyclic amines) is 1. The Morgan fingerprint density at radius 3 is 2.89 bits per heavy atom. The van der Waals surface area contributed by atoms with Crippen molar-refractivity contribution < 1.29 is 9.15 Å². The number of fused-ring (bicyclic) bond motifs is 1. The minimum Gasteiger partial charge on any atom is -0.448 e. The molecule has 2 aliphatic heterocycles. The number of oxazole rings is 1. The lowest BCUT2D eigenvalue weighted by Gasteiger charge is -2.34. The Kier molecular flexibility index (Phi) is 4.09. The quantitative estimate of drug-likeness (QED) is 0.681.